The van der Waals surface area contributed by atoms with Crippen molar-refractivity contribution in [3.63, 3.8) is 0 Å². The molecule has 1 aliphatic rings. The third kappa shape index (κ3) is 4.53. The van der Waals surface area contributed by atoms with Crippen molar-refractivity contribution in [1.29, 1.82) is 0 Å². The molecule has 5 heteroatoms. The van der Waals surface area contributed by atoms with Crippen molar-refractivity contribution in [2.75, 3.05) is 7.05 Å². The SMILES string of the molecule is CC(CC(N)=S)N(C)C(C)C(=O)NC1CCCC1. The van der Waals surface area contributed by atoms with Gasteiger partial charge >= 0.3 is 0 Å². The first-order valence-electron chi connectivity index (χ1n) is 6.72. The zero-order valence-electron chi connectivity index (χ0n) is 11.6. The summed E-state index contributed by atoms with van der Waals surface area (Å²) < 4.78 is 0. The molecule has 1 fully saturated rings. The van der Waals surface area contributed by atoms with Gasteiger partial charge in [0.1, 0.15) is 0 Å². The van der Waals surface area contributed by atoms with Crippen LogP contribution in [0.2, 0.25) is 0 Å². The van der Waals surface area contributed by atoms with Crippen LogP contribution < -0.4 is 11.1 Å². The van der Waals surface area contributed by atoms with Crippen molar-refractivity contribution in [3.05, 3.63) is 0 Å². The number of rotatable bonds is 6. The quantitative estimate of drug-likeness (QED) is 0.718. The summed E-state index contributed by atoms with van der Waals surface area (Å²) in [5.41, 5.74) is 5.54. The number of amides is 1. The molecule has 0 spiro atoms. The van der Waals surface area contributed by atoms with Crippen LogP contribution in [0.3, 0.4) is 0 Å². The Morgan fingerprint density at radius 3 is 2.50 bits per heavy atom. The fraction of sp³-hybridized carbons (Fsp3) is 0.846. The van der Waals surface area contributed by atoms with Gasteiger partial charge in [-0.05, 0) is 33.7 Å². The lowest BCUT2D eigenvalue weighted by atomic mass is 10.1. The van der Waals surface area contributed by atoms with Crippen LogP contribution in [0.5, 0.6) is 0 Å². The van der Waals surface area contributed by atoms with Gasteiger partial charge in [0.15, 0.2) is 0 Å². The van der Waals surface area contributed by atoms with Crippen molar-refractivity contribution < 1.29 is 4.79 Å². The summed E-state index contributed by atoms with van der Waals surface area (Å²) in [4.78, 5) is 14.6. The Balaban J connectivity index is 2.43. The van der Waals surface area contributed by atoms with Gasteiger partial charge in [-0.25, -0.2) is 0 Å². The fourth-order valence-corrected chi connectivity index (χ4v) is 2.63. The molecule has 4 nitrogen and oxygen atoms in total. The summed E-state index contributed by atoms with van der Waals surface area (Å²) in [6.45, 7) is 3.97. The van der Waals surface area contributed by atoms with Gasteiger partial charge < -0.3 is 11.1 Å². The highest BCUT2D eigenvalue weighted by Crippen LogP contribution is 2.18. The van der Waals surface area contributed by atoms with Crippen molar-refractivity contribution in [2.24, 2.45) is 5.73 Å². The molecule has 0 aliphatic heterocycles. The van der Waals surface area contributed by atoms with Crippen LogP contribution >= 0.6 is 12.2 Å². The van der Waals surface area contributed by atoms with E-state index < -0.39 is 0 Å². The molecule has 1 amide bonds. The van der Waals surface area contributed by atoms with Crippen LogP contribution in [-0.2, 0) is 4.79 Å². The van der Waals surface area contributed by atoms with E-state index in [1.807, 2.05) is 25.8 Å². The van der Waals surface area contributed by atoms with E-state index in [1.165, 1.54) is 12.8 Å². The Hall–Kier alpha value is -0.680. The molecule has 0 aromatic rings. The Morgan fingerprint density at radius 1 is 1.44 bits per heavy atom. The average molecular weight is 271 g/mol. The lowest BCUT2D eigenvalue weighted by Crippen LogP contribution is -2.49. The Bertz CT molecular complexity index is 303. The van der Waals surface area contributed by atoms with Crippen molar-refractivity contribution >= 4 is 23.1 Å². The van der Waals surface area contributed by atoms with Gasteiger partial charge in [-0.15, -0.1) is 0 Å². The van der Waals surface area contributed by atoms with Crippen LogP contribution in [0.15, 0.2) is 0 Å². The van der Waals surface area contributed by atoms with E-state index in [2.05, 4.69) is 5.32 Å². The molecule has 1 aliphatic carbocycles. The molecule has 2 atom stereocenters. The zero-order chi connectivity index (χ0) is 13.7. The topological polar surface area (TPSA) is 58.4 Å². The van der Waals surface area contributed by atoms with E-state index >= 15 is 0 Å². The highest BCUT2D eigenvalue weighted by molar-refractivity contribution is 7.80. The predicted molar refractivity (Wildman–Crippen MR) is 78.5 cm³/mol. The van der Waals surface area contributed by atoms with Gasteiger partial charge in [0.25, 0.3) is 0 Å². The number of hydrogen-bond acceptors (Lipinski definition) is 3. The summed E-state index contributed by atoms with van der Waals surface area (Å²) in [6.07, 6.45) is 5.34. The maximum atomic E-state index is 12.1. The van der Waals surface area contributed by atoms with E-state index in [-0.39, 0.29) is 18.0 Å². The molecule has 2 unspecified atom stereocenters. The molecule has 0 aromatic heterocycles. The van der Waals surface area contributed by atoms with Gasteiger partial charge in [-0.2, -0.15) is 0 Å². The molecule has 1 rings (SSSR count). The summed E-state index contributed by atoms with van der Waals surface area (Å²) in [6, 6.07) is 0.418. The zero-order valence-corrected chi connectivity index (χ0v) is 12.4. The second-order valence-corrected chi connectivity index (χ2v) is 5.88. The molecule has 0 aromatic carbocycles. The minimum Gasteiger partial charge on any atom is -0.393 e. The Kier molecular flexibility index (Phi) is 6.02. The van der Waals surface area contributed by atoms with E-state index in [1.54, 1.807) is 0 Å². The van der Waals surface area contributed by atoms with Crippen LogP contribution in [0, 0.1) is 0 Å². The molecule has 0 radical (unpaired) electrons. The summed E-state index contributed by atoms with van der Waals surface area (Å²) in [7, 11) is 1.95. The highest BCUT2D eigenvalue weighted by atomic mass is 32.1. The normalized spacial score (nSPS) is 19.8. The number of nitrogens with zero attached hydrogens (tertiary/aromatic N) is 1. The number of nitrogens with two attached hydrogens (primary N) is 1. The second-order valence-electron chi connectivity index (χ2n) is 5.35. The van der Waals surface area contributed by atoms with Crippen LogP contribution in [0.4, 0.5) is 0 Å². The van der Waals surface area contributed by atoms with Gasteiger partial charge in [0, 0.05) is 18.5 Å². The van der Waals surface area contributed by atoms with E-state index in [9.17, 15) is 4.79 Å². The smallest absolute Gasteiger partial charge is 0.237 e. The molecule has 0 saturated heterocycles. The first-order chi connectivity index (χ1) is 8.41. The first kappa shape index (κ1) is 15.4. The monoisotopic (exact) mass is 271 g/mol. The molecule has 104 valence electrons. The maximum absolute atomic E-state index is 12.1. The maximum Gasteiger partial charge on any atom is 0.237 e. The first-order valence-corrected chi connectivity index (χ1v) is 7.13. The second kappa shape index (κ2) is 7.04. The van der Waals surface area contributed by atoms with Gasteiger partial charge in [-0.3, -0.25) is 9.69 Å². The van der Waals surface area contributed by atoms with Crippen LogP contribution in [-0.4, -0.2) is 41.0 Å². The minimum absolute atomic E-state index is 0.110. The number of carbonyl (C=O) groups is 1. The van der Waals surface area contributed by atoms with E-state index in [0.29, 0.717) is 17.5 Å². The van der Waals surface area contributed by atoms with Gasteiger partial charge in [0.05, 0.1) is 11.0 Å². The Morgan fingerprint density at radius 2 is 2.00 bits per heavy atom. The number of likely N-dealkylation sites (N-methyl/N-ethyl adjacent to an activating group) is 1. The molecular formula is C13H25N3OS. The predicted octanol–water partition coefficient (Wildman–Crippen LogP) is 1.43. The molecule has 0 bridgehead atoms. The highest BCUT2D eigenvalue weighted by Gasteiger charge is 2.25. The number of nitrogens with one attached hydrogen (secondary N) is 1. The molecular weight excluding hydrogens is 246 g/mol. The summed E-state index contributed by atoms with van der Waals surface area (Å²) >= 11 is 4.91. The minimum atomic E-state index is -0.144. The number of hydrogen-bond donors (Lipinski definition) is 2. The molecule has 18 heavy (non-hydrogen) atoms. The molecule has 1 saturated carbocycles. The lowest BCUT2D eigenvalue weighted by Gasteiger charge is -2.30. The standard InChI is InChI=1S/C13H25N3OS/c1-9(8-12(14)18)16(3)10(2)13(17)15-11-6-4-5-7-11/h9-11H,4-8H2,1-3H3,(H2,14,18)(H,15,17). The van der Waals surface area contributed by atoms with Crippen LogP contribution in [0.1, 0.15) is 46.0 Å². The fourth-order valence-electron chi connectivity index (χ4n) is 2.39. The average Bonchev–Trinajstić information content (AvgIpc) is 2.78. The largest absolute Gasteiger partial charge is 0.393 e. The third-order valence-electron chi connectivity index (χ3n) is 3.88. The van der Waals surface area contributed by atoms with Gasteiger partial charge in [0.2, 0.25) is 5.91 Å². The third-order valence-corrected chi connectivity index (χ3v) is 4.05. The Labute approximate surface area is 115 Å². The van der Waals surface area contributed by atoms with Crippen LogP contribution in [0.25, 0.3) is 0 Å². The summed E-state index contributed by atoms with van der Waals surface area (Å²) in [5.74, 6) is 0.110. The van der Waals surface area contributed by atoms with Crippen molar-refractivity contribution in [3.8, 4) is 0 Å². The lowest BCUT2D eigenvalue weighted by molar-refractivity contribution is -0.126. The number of thiocarbonyl (C=S) groups is 1. The molecule has 0 heterocycles. The molecule has 3 N–H and O–H groups in total. The van der Waals surface area contributed by atoms with E-state index in [4.69, 9.17) is 18.0 Å². The number of carbonyl (C=O) groups excluding carboxylic acids is 1. The summed E-state index contributed by atoms with van der Waals surface area (Å²) in [5, 5.41) is 3.12. The van der Waals surface area contributed by atoms with E-state index in [0.717, 1.165) is 12.8 Å². The van der Waals surface area contributed by atoms with Crippen molar-refractivity contribution in [2.45, 2.75) is 64.1 Å². The van der Waals surface area contributed by atoms with Gasteiger partial charge in [-0.1, -0.05) is 25.1 Å². The van der Waals surface area contributed by atoms with Crippen molar-refractivity contribution in [1.82, 2.24) is 10.2 Å².